The molecular weight excluding hydrogens is 489 g/mol. The molecule has 0 bridgehead atoms. The molecule has 1 aromatic carbocycles. The second-order valence-corrected chi connectivity index (χ2v) is 9.49. The normalized spacial score (nSPS) is 19.1. The number of anilines is 1. The summed E-state index contributed by atoms with van der Waals surface area (Å²) in [5, 5.41) is 0. The van der Waals surface area contributed by atoms with Gasteiger partial charge >= 0.3 is 6.18 Å². The van der Waals surface area contributed by atoms with Crippen molar-refractivity contribution in [2.24, 2.45) is 11.7 Å². The van der Waals surface area contributed by atoms with Gasteiger partial charge in [0.1, 0.15) is 0 Å². The van der Waals surface area contributed by atoms with E-state index < -0.39 is 17.6 Å². The molecule has 1 unspecified atom stereocenters. The number of nitrogens with two attached hydrogens (primary N) is 1. The van der Waals surface area contributed by atoms with Crippen LogP contribution >= 0.6 is 0 Å². The van der Waals surface area contributed by atoms with Crippen molar-refractivity contribution in [3.63, 3.8) is 0 Å². The summed E-state index contributed by atoms with van der Waals surface area (Å²) in [4.78, 5) is 42.3. The Hall–Kier alpha value is -3.74. The van der Waals surface area contributed by atoms with Gasteiger partial charge in [-0.25, -0.2) is 15.0 Å². The van der Waals surface area contributed by atoms with Gasteiger partial charge in [0.25, 0.3) is 0 Å². The maximum Gasteiger partial charge on any atom is 0.419 e. The second-order valence-electron chi connectivity index (χ2n) is 9.49. The maximum atomic E-state index is 12.9. The minimum atomic E-state index is -4.47. The molecule has 13 heteroatoms. The summed E-state index contributed by atoms with van der Waals surface area (Å²) in [6.07, 6.45) is -0.191. The molecule has 1 atom stereocenters. The summed E-state index contributed by atoms with van der Waals surface area (Å²) in [5.74, 6) is 0.134. The number of likely N-dealkylation sites (tertiary alicyclic amines) is 1. The average Bonchev–Trinajstić information content (AvgIpc) is 3.50. The van der Waals surface area contributed by atoms with Crippen molar-refractivity contribution < 1.29 is 22.8 Å². The van der Waals surface area contributed by atoms with E-state index in [0.717, 1.165) is 49.5 Å². The zero-order valence-electron chi connectivity index (χ0n) is 20.1. The predicted octanol–water partition coefficient (Wildman–Crippen LogP) is 1.61. The number of benzene rings is 1. The number of aromatic nitrogens is 4. The van der Waals surface area contributed by atoms with Gasteiger partial charge in [-0.1, -0.05) is 0 Å². The molecule has 3 aromatic rings. The molecule has 37 heavy (non-hydrogen) atoms. The molecule has 4 heterocycles. The highest BCUT2D eigenvalue weighted by molar-refractivity contribution is 5.96. The van der Waals surface area contributed by atoms with Gasteiger partial charge < -0.3 is 20.1 Å². The Morgan fingerprint density at radius 2 is 1.76 bits per heavy atom. The number of hydrogen-bond donors (Lipinski definition) is 1. The first-order chi connectivity index (χ1) is 17.7. The molecule has 2 saturated heterocycles. The Balaban J connectivity index is 1.11. The fourth-order valence-electron chi connectivity index (χ4n) is 4.92. The van der Waals surface area contributed by atoms with E-state index in [2.05, 4.69) is 19.9 Å². The van der Waals surface area contributed by atoms with E-state index >= 15 is 0 Å². The third-order valence-corrected chi connectivity index (χ3v) is 6.97. The van der Waals surface area contributed by atoms with Crippen molar-refractivity contribution in [1.29, 1.82) is 0 Å². The number of alkyl halides is 3. The lowest BCUT2D eigenvalue weighted by atomic mass is 10.1. The number of fused-ring (bicyclic) bond motifs is 1. The van der Waals surface area contributed by atoms with Crippen molar-refractivity contribution in [1.82, 2.24) is 29.3 Å². The van der Waals surface area contributed by atoms with Crippen molar-refractivity contribution >= 4 is 28.8 Å². The van der Waals surface area contributed by atoms with Gasteiger partial charge in [-0.2, -0.15) is 13.2 Å². The number of hydrogen-bond acceptors (Lipinski definition) is 7. The third kappa shape index (κ3) is 5.50. The van der Waals surface area contributed by atoms with Gasteiger partial charge in [-0.3, -0.25) is 14.5 Å². The minimum absolute atomic E-state index is 0.0350. The van der Waals surface area contributed by atoms with Crippen LogP contribution in [0.3, 0.4) is 0 Å². The van der Waals surface area contributed by atoms with Gasteiger partial charge in [0.15, 0.2) is 0 Å². The maximum absolute atomic E-state index is 12.9. The average molecular weight is 517 g/mol. The van der Waals surface area contributed by atoms with Crippen LogP contribution in [-0.2, 0) is 17.5 Å². The van der Waals surface area contributed by atoms with E-state index in [-0.39, 0.29) is 11.9 Å². The number of carbonyl (C=O) groups excluding carboxylic acids is 2. The van der Waals surface area contributed by atoms with Crippen LogP contribution in [0.25, 0.3) is 11.0 Å². The Morgan fingerprint density at radius 1 is 1.03 bits per heavy atom. The van der Waals surface area contributed by atoms with E-state index in [4.69, 9.17) is 5.73 Å². The molecule has 2 fully saturated rings. The largest absolute Gasteiger partial charge is 0.419 e. The fraction of sp³-hybridized carbons (Fsp3) is 0.458. The van der Waals surface area contributed by atoms with Crippen molar-refractivity contribution in [2.45, 2.75) is 19.1 Å². The van der Waals surface area contributed by atoms with Crippen LogP contribution in [0.4, 0.5) is 19.1 Å². The Bertz CT molecular complexity index is 1290. The molecule has 2 amide bonds. The molecule has 0 radical (unpaired) electrons. The van der Waals surface area contributed by atoms with E-state index in [1.807, 2.05) is 4.57 Å². The monoisotopic (exact) mass is 516 g/mol. The minimum Gasteiger partial charge on any atom is -0.366 e. The highest BCUT2D eigenvalue weighted by Gasteiger charge is 2.32. The topological polar surface area (TPSA) is 113 Å². The number of nitrogens with zero attached hydrogens (tertiary/aromatic N) is 7. The van der Waals surface area contributed by atoms with E-state index in [1.165, 1.54) is 0 Å². The third-order valence-electron chi connectivity index (χ3n) is 6.97. The van der Waals surface area contributed by atoms with Crippen LogP contribution in [0.1, 0.15) is 22.3 Å². The van der Waals surface area contributed by atoms with E-state index in [0.29, 0.717) is 44.2 Å². The van der Waals surface area contributed by atoms with Crippen molar-refractivity contribution in [2.75, 3.05) is 50.7 Å². The first-order valence-corrected chi connectivity index (χ1v) is 12.1. The molecule has 5 rings (SSSR count). The summed E-state index contributed by atoms with van der Waals surface area (Å²) >= 11 is 0. The number of amides is 2. The lowest BCUT2D eigenvalue weighted by Crippen LogP contribution is -2.51. The lowest BCUT2D eigenvalue weighted by Gasteiger charge is -2.35. The fourth-order valence-corrected chi connectivity index (χ4v) is 4.92. The van der Waals surface area contributed by atoms with Crippen LogP contribution < -0.4 is 10.6 Å². The zero-order valence-corrected chi connectivity index (χ0v) is 20.1. The quantitative estimate of drug-likeness (QED) is 0.530. The molecule has 0 aliphatic carbocycles. The smallest absolute Gasteiger partial charge is 0.366 e. The van der Waals surface area contributed by atoms with Gasteiger partial charge in [0.2, 0.25) is 17.8 Å². The molecule has 0 spiro atoms. The van der Waals surface area contributed by atoms with Gasteiger partial charge in [-0.05, 0) is 37.1 Å². The number of rotatable bonds is 6. The van der Waals surface area contributed by atoms with Crippen LogP contribution in [0.15, 0.2) is 36.9 Å². The number of halogens is 3. The van der Waals surface area contributed by atoms with E-state index in [9.17, 15) is 22.8 Å². The summed E-state index contributed by atoms with van der Waals surface area (Å²) < 4.78 is 40.2. The summed E-state index contributed by atoms with van der Waals surface area (Å²) in [6.45, 7) is 4.49. The molecule has 2 aliphatic heterocycles. The molecule has 2 aliphatic rings. The molecule has 2 N–H and O–H groups in total. The zero-order chi connectivity index (χ0) is 26.2. The van der Waals surface area contributed by atoms with Crippen molar-refractivity contribution in [3.8, 4) is 0 Å². The second kappa shape index (κ2) is 9.96. The number of imidazole rings is 1. The Kier molecular flexibility index (Phi) is 6.71. The first kappa shape index (κ1) is 24.9. The van der Waals surface area contributed by atoms with Crippen LogP contribution in [-0.4, -0.2) is 86.9 Å². The lowest BCUT2D eigenvalue weighted by molar-refractivity contribution is -0.138. The first-order valence-electron chi connectivity index (χ1n) is 12.1. The highest BCUT2D eigenvalue weighted by atomic mass is 19.4. The Labute approximate surface area is 210 Å². The summed E-state index contributed by atoms with van der Waals surface area (Å²) in [7, 11) is 0. The van der Waals surface area contributed by atoms with Crippen LogP contribution in [0, 0.1) is 5.92 Å². The molecule has 196 valence electrons. The molecular formula is C24H27F3N8O2. The van der Waals surface area contributed by atoms with Crippen LogP contribution in [0.5, 0.6) is 0 Å². The van der Waals surface area contributed by atoms with Gasteiger partial charge in [0.05, 0.1) is 29.5 Å². The Morgan fingerprint density at radius 3 is 2.43 bits per heavy atom. The summed E-state index contributed by atoms with van der Waals surface area (Å²) in [5.41, 5.74) is 6.63. The summed E-state index contributed by atoms with van der Waals surface area (Å²) in [6, 6.07) is 5.21. The number of piperazine rings is 1. The van der Waals surface area contributed by atoms with Gasteiger partial charge in [-0.15, -0.1) is 0 Å². The molecule has 2 aromatic heterocycles. The van der Waals surface area contributed by atoms with Gasteiger partial charge in [0, 0.05) is 57.2 Å². The standard InChI is InChI=1S/C24H27F3N8O2/c25-24(26,27)18-10-29-23(30-11-18)34-7-5-33(6-8-34)21(36)14-32-4-3-16(12-32)13-35-15-31-19-2-1-17(22(28)37)9-20(19)35/h1-2,9-11,15-16H,3-8,12-14H2,(H2,28,37). The number of primary amides is 1. The highest BCUT2D eigenvalue weighted by Crippen LogP contribution is 2.28. The van der Waals surface area contributed by atoms with Crippen LogP contribution in [0.2, 0.25) is 0 Å². The SMILES string of the molecule is NC(=O)c1ccc2ncn(CC3CCN(CC(=O)N4CCN(c5ncc(C(F)(F)F)cn5)CC4)C3)c2c1. The predicted molar refractivity (Wildman–Crippen MR) is 129 cm³/mol. The number of carbonyl (C=O) groups is 2. The molecule has 10 nitrogen and oxygen atoms in total. The molecule has 0 saturated carbocycles. The van der Waals surface area contributed by atoms with Crippen molar-refractivity contribution in [3.05, 3.63) is 48.0 Å². The van der Waals surface area contributed by atoms with E-state index in [1.54, 1.807) is 34.3 Å².